The molecule has 1 saturated heterocycles. The summed E-state index contributed by atoms with van der Waals surface area (Å²) in [5, 5.41) is 0. The number of likely N-dealkylation sites (tertiary alicyclic amines) is 1. The molecule has 0 radical (unpaired) electrons. The Morgan fingerprint density at radius 1 is 1.31 bits per heavy atom. The molecule has 0 aromatic rings. The van der Waals surface area contributed by atoms with Crippen molar-refractivity contribution in [2.75, 3.05) is 13.1 Å². The summed E-state index contributed by atoms with van der Waals surface area (Å²) in [4.78, 5) is 2.15. The summed E-state index contributed by atoms with van der Waals surface area (Å²) < 4.78 is 36.1. The van der Waals surface area contributed by atoms with E-state index in [2.05, 4.69) is 11.8 Å². The maximum absolute atomic E-state index is 12.0. The van der Waals surface area contributed by atoms with Crippen molar-refractivity contribution in [1.82, 2.24) is 4.90 Å². The van der Waals surface area contributed by atoms with Crippen LogP contribution in [0, 0.1) is 0 Å². The molecule has 2 N–H and O–H groups in total. The minimum absolute atomic E-state index is 0.185. The predicted octanol–water partition coefficient (Wildman–Crippen LogP) is 2.53. The van der Waals surface area contributed by atoms with Gasteiger partial charge in [-0.15, -0.1) is 0 Å². The van der Waals surface area contributed by atoms with E-state index in [1.54, 1.807) is 0 Å². The largest absolute Gasteiger partial charge is 0.389 e. The molecular weight excluding hydrogens is 217 g/mol. The lowest BCUT2D eigenvalue weighted by atomic mass is 9.96. The van der Waals surface area contributed by atoms with E-state index in [0.29, 0.717) is 19.1 Å². The standard InChI is InChI=1S/C11H21F3N2/c1-9-4-2-5-10(8-15)16(9)7-3-6-11(12,13)14/h9-10H,2-8,15H2,1H3. The van der Waals surface area contributed by atoms with E-state index >= 15 is 0 Å². The summed E-state index contributed by atoms with van der Waals surface area (Å²) in [6, 6.07) is 0.646. The molecule has 0 saturated carbocycles. The second kappa shape index (κ2) is 5.87. The molecule has 0 spiro atoms. The molecule has 0 amide bonds. The van der Waals surface area contributed by atoms with Gasteiger partial charge in [-0.2, -0.15) is 13.2 Å². The molecule has 1 fully saturated rings. The van der Waals surface area contributed by atoms with Crippen molar-refractivity contribution in [2.45, 2.75) is 57.3 Å². The van der Waals surface area contributed by atoms with Crippen molar-refractivity contribution >= 4 is 0 Å². The van der Waals surface area contributed by atoms with Crippen LogP contribution in [0.15, 0.2) is 0 Å². The lowest BCUT2D eigenvalue weighted by molar-refractivity contribution is -0.136. The molecule has 0 aromatic heterocycles. The van der Waals surface area contributed by atoms with Crippen LogP contribution in [0.4, 0.5) is 13.2 Å². The van der Waals surface area contributed by atoms with Gasteiger partial charge >= 0.3 is 6.18 Å². The third kappa shape index (κ3) is 4.29. The molecule has 1 aliphatic rings. The first-order chi connectivity index (χ1) is 7.44. The summed E-state index contributed by atoms with van der Waals surface area (Å²) in [6.45, 7) is 3.15. The van der Waals surface area contributed by atoms with E-state index in [-0.39, 0.29) is 12.5 Å². The molecule has 1 rings (SSSR count). The van der Waals surface area contributed by atoms with Crippen LogP contribution in [0.1, 0.15) is 39.0 Å². The fraction of sp³-hybridized carbons (Fsp3) is 1.00. The molecule has 96 valence electrons. The van der Waals surface area contributed by atoms with E-state index < -0.39 is 12.6 Å². The lowest BCUT2D eigenvalue weighted by Gasteiger charge is -2.40. The Labute approximate surface area is 95.0 Å². The zero-order valence-electron chi connectivity index (χ0n) is 9.76. The SMILES string of the molecule is CC1CCCC(CN)N1CCCC(F)(F)F. The van der Waals surface area contributed by atoms with Crippen molar-refractivity contribution in [1.29, 1.82) is 0 Å². The average molecular weight is 238 g/mol. The first-order valence-corrected chi connectivity index (χ1v) is 5.96. The number of hydrogen-bond donors (Lipinski definition) is 1. The molecule has 16 heavy (non-hydrogen) atoms. The van der Waals surface area contributed by atoms with Gasteiger partial charge in [0.05, 0.1) is 0 Å². The third-order valence-corrected chi connectivity index (χ3v) is 3.34. The Hall–Kier alpha value is -0.290. The van der Waals surface area contributed by atoms with Crippen LogP contribution in [0.25, 0.3) is 0 Å². The van der Waals surface area contributed by atoms with Crippen LogP contribution >= 0.6 is 0 Å². The zero-order chi connectivity index (χ0) is 12.2. The van der Waals surface area contributed by atoms with Crippen LogP contribution in [-0.4, -0.2) is 36.2 Å². The highest BCUT2D eigenvalue weighted by Gasteiger charge is 2.30. The van der Waals surface area contributed by atoms with Crippen LogP contribution in [0.5, 0.6) is 0 Å². The number of piperidine rings is 1. The summed E-state index contributed by atoms with van der Waals surface area (Å²) >= 11 is 0. The summed E-state index contributed by atoms with van der Waals surface area (Å²) in [7, 11) is 0. The van der Waals surface area contributed by atoms with E-state index in [9.17, 15) is 13.2 Å². The number of nitrogens with two attached hydrogens (primary N) is 1. The van der Waals surface area contributed by atoms with Gasteiger partial charge in [-0.3, -0.25) is 4.90 Å². The van der Waals surface area contributed by atoms with Gasteiger partial charge in [0.1, 0.15) is 0 Å². The number of nitrogens with zero attached hydrogens (tertiary/aromatic N) is 1. The van der Waals surface area contributed by atoms with E-state index in [4.69, 9.17) is 5.73 Å². The first kappa shape index (κ1) is 13.8. The molecule has 0 aliphatic carbocycles. The fourth-order valence-electron chi connectivity index (χ4n) is 2.46. The van der Waals surface area contributed by atoms with Gasteiger partial charge in [0.15, 0.2) is 0 Å². The molecule has 5 heteroatoms. The topological polar surface area (TPSA) is 29.3 Å². The quantitative estimate of drug-likeness (QED) is 0.815. The van der Waals surface area contributed by atoms with Crippen LogP contribution in [-0.2, 0) is 0 Å². The Balaban J connectivity index is 2.37. The Morgan fingerprint density at radius 2 is 2.00 bits per heavy atom. The zero-order valence-corrected chi connectivity index (χ0v) is 9.76. The number of halogens is 3. The van der Waals surface area contributed by atoms with Crippen molar-refractivity contribution in [3.8, 4) is 0 Å². The maximum atomic E-state index is 12.0. The molecule has 0 bridgehead atoms. The Bertz CT molecular complexity index is 206. The van der Waals surface area contributed by atoms with Crippen LogP contribution in [0.2, 0.25) is 0 Å². The van der Waals surface area contributed by atoms with Gasteiger partial charge in [-0.05, 0) is 32.7 Å². The number of rotatable bonds is 4. The summed E-state index contributed by atoms with van der Waals surface area (Å²) in [5.41, 5.74) is 5.65. The highest BCUT2D eigenvalue weighted by atomic mass is 19.4. The normalized spacial score (nSPS) is 28.3. The minimum atomic E-state index is -4.03. The van der Waals surface area contributed by atoms with Crippen LogP contribution < -0.4 is 5.73 Å². The summed E-state index contributed by atoms with van der Waals surface area (Å²) in [5.74, 6) is 0. The van der Waals surface area contributed by atoms with E-state index in [0.717, 1.165) is 19.3 Å². The predicted molar refractivity (Wildman–Crippen MR) is 58.2 cm³/mol. The molecule has 2 nitrogen and oxygen atoms in total. The van der Waals surface area contributed by atoms with Gasteiger partial charge in [-0.1, -0.05) is 6.42 Å². The molecule has 2 atom stereocenters. The third-order valence-electron chi connectivity index (χ3n) is 3.34. The minimum Gasteiger partial charge on any atom is -0.329 e. The fourth-order valence-corrected chi connectivity index (χ4v) is 2.46. The van der Waals surface area contributed by atoms with Gasteiger partial charge in [0.2, 0.25) is 0 Å². The second-order valence-corrected chi connectivity index (χ2v) is 4.63. The molecule has 2 unspecified atom stereocenters. The smallest absolute Gasteiger partial charge is 0.329 e. The average Bonchev–Trinajstić information content (AvgIpc) is 2.18. The van der Waals surface area contributed by atoms with Gasteiger partial charge < -0.3 is 5.73 Å². The highest BCUT2D eigenvalue weighted by molar-refractivity contribution is 4.82. The monoisotopic (exact) mass is 238 g/mol. The first-order valence-electron chi connectivity index (χ1n) is 5.96. The molecule has 0 aromatic carbocycles. The lowest BCUT2D eigenvalue weighted by Crippen LogP contribution is -2.49. The number of alkyl halides is 3. The molecular formula is C11H21F3N2. The van der Waals surface area contributed by atoms with Crippen molar-refractivity contribution in [2.24, 2.45) is 5.73 Å². The van der Waals surface area contributed by atoms with Crippen LogP contribution in [0.3, 0.4) is 0 Å². The maximum Gasteiger partial charge on any atom is 0.389 e. The van der Waals surface area contributed by atoms with Gasteiger partial charge in [-0.25, -0.2) is 0 Å². The van der Waals surface area contributed by atoms with E-state index in [1.165, 1.54) is 0 Å². The van der Waals surface area contributed by atoms with Crippen molar-refractivity contribution in [3.63, 3.8) is 0 Å². The Kier molecular flexibility index (Phi) is 5.05. The summed E-state index contributed by atoms with van der Waals surface area (Å²) in [6.07, 6.45) is -1.30. The molecule has 1 heterocycles. The van der Waals surface area contributed by atoms with Gasteiger partial charge in [0, 0.05) is 25.0 Å². The van der Waals surface area contributed by atoms with E-state index in [1.807, 2.05) is 0 Å². The number of hydrogen-bond acceptors (Lipinski definition) is 2. The highest BCUT2D eigenvalue weighted by Crippen LogP contribution is 2.25. The van der Waals surface area contributed by atoms with Crippen molar-refractivity contribution < 1.29 is 13.2 Å². The Morgan fingerprint density at radius 3 is 2.56 bits per heavy atom. The second-order valence-electron chi connectivity index (χ2n) is 4.63. The van der Waals surface area contributed by atoms with Gasteiger partial charge in [0.25, 0.3) is 0 Å². The molecule has 1 aliphatic heterocycles. The van der Waals surface area contributed by atoms with Crippen molar-refractivity contribution in [3.05, 3.63) is 0 Å².